The fourth-order valence-corrected chi connectivity index (χ4v) is 6.99. The number of hydrogen-bond donors (Lipinski definition) is 0. The zero-order valence-electron chi connectivity index (χ0n) is 24.1. The number of rotatable bonds is 8. The molecule has 0 bridgehead atoms. The van der Waals surface area contributed by atoms with Gasteiger partial charge in [-0.3, -0.25) is 0 Å². The van der Waals surface area contributed by atoms with Crippen molar-refractivity contribution in [3.05, 3.63) is 89.5 Å². The van der Waals surface area contributed by atoms with E-state index >= 15 is 8.78 Å². The second-order valence-corrected chi connectivity index (χ2v) is 11.8. The van der Waals surface area contributed by atoms with Crippen molar-refractivity contribution in [3.8, 4) is 28.0 Å². The molecule has 0 saturated heterocycles. The topological polar surface area (TPSA) is 9.23 Å². The van der Waals surface area contributed by atoms with Crippen LogP contribution in [0.4, 0.5) is 17.6 Å². The Kier molecular flexibility index (Phi) is 9.52. The van der Waals surface area contributed by atoms with Crippen LogP contribution in [0.15, 0.2) is 60.7 Å². The molecule has 5 heteroatoms. The first kappa shape index (κ1) is 29.4. The van der Waals surface area contributed by atoms with Gasteiger partial charge in [0, 0.05) is 11.1 Å². The molecule has 0 heterocycles. The molecule has 0 spiro atoms. The van der Waals surface area contributed by atoms with E-state index in [1.165, 1.54) is 37.8 Å². The fraction of sp³-hybridized carbons (Fsp3) is 0.444. The standard InChI is InChI=1S/C36H40F4O/c1-3-5-23-6-8-24(9-7-23)25-10-12-26(13-11-25)29-18-19-30(34(38)33(29)37)27-14-16-28(17-15-27)31-20-21-32(41-22-4-2)36(40)35(31)39/h3,5,14-21,23-26H,4,6-13,22H2,1-2H3. The normalized spacial score (nSPS) is 23.2. The van der Waals surface area contributed by atoms with Crippen LogP contribution in [0.3, 0.4) is 0 Å². The van der Waals surface area contributed by atoms with Crippen LogP contribution in [0.5, 0.6) is 5.75 Å². The lowest BCUT2D eigenvalue weighted by atomic mass is 9.68. The van der Waals surface area contributed by atoms with Gasteiger partial charge >= 0.3 is 0 Å². The molecule has 0 radical (unpaired) electrons. The zero-order valence-corrected chi connectivity index (χ0v) is 24.1. The minimum absolute atomic E-state index is 0.0405. The summed E-state index contributed by atoms with van der Waals surface area (Å²) in [4.78, 5) is 0. The molecule has 2 aliphatic carbocycles. The largest absolute Gasteiger partial charge is 0.490 e. The number of ether oxygens (including phenoxy) is 1. The van der Waals surface area contributed by atoms with Crippen LogP contribution < -0.4 is 4.74 Å². The maximum absolute atomic E-state index is 15.4. The third-order valence-corrected chi connectivity index (χ3v) is 9.29. The first-order valence-corrected chi connectivity index (χ1v) is 15.2. The van der Waals surface area contributed by atoms with Crippen molar-refractivity contribution in [1.29, 1.82) is 0 Å². The van der Waals surface area contributed by atoms with Crippen molar-refractivity contribution < 1.29 is 22.3 Å². The second kappa shape index (κ2) is 13.3. The van der Waals surface area contributed by atoms with Gasteiger partial charge in [0.1, 0.15) is 0 Å². The van der Waals surface area contributed by atoms with Crippen LogP contribution >= 0.6 is 0 Å². The predicted octanol–water partition coefficient (Wildman–Crippen LogP) is 11.0. The minimum Gasteiger partial charge on any atom is -0.490 e. The predicted molar refractivity (Wildman–Crippen MR) is 158 cm³/mol. The molecule has 0 atom stereocenters. The second-order valence-electron chi connectivity index (χ2n) is 11.8. The molecule has 0 amide bonds. The number of benzene rings is 3. The van der Waals surface area contributed by atoms with Gasteiger partial charge < -0.3 is 4.74 Å². The molecular weight excluding hydrogens is 524 g/mol. The highest BCUT2D eigenvalue weighted by Gasteiger charge is 2.32. The third kappa shape index (κ3) is 6.39. The molecule has 3 aromatic rings. The average molecular weight is 565 g/mol. The molecular formula is C36H40F4O. The van der Waals surface area contributed by atoms with Gasteiger partial charge in [-0.15, -0.1) is 0 Å². The Bertz CT molecular complexity index is 1350. The molecule has 2 fully saturated rings. The van der Waals surface area contributed by atoms with Crippen molar-refractivity contribution in [2.24, 2.45) is 17.8 Å². The van der Waals surface area contributed by atoms with Gasteiger partial charge in [0.05, 0.1) is 6.61 Å². The van der Waals surface area contributed by atoms with E-state index in [-0.39, 0.29) is 22.8 Å². The molecule has 1 nitrogen and oxygen atoms in total. The van der Waals surface area contributed by atoms with Crippen LogP contribution in [0.2, 0.25) is 0 Å². The average Bonchev–Trinajstić information content (AvgIpc) is 3.00. The summed E-state index contributed by atoms with van der Waals surface area (Å²) in [5.74, 6) is -1.55. The molecule has 0 aromatic heterocycles. The van der Waals surface area contributed by atoms with Gasteiger partial charge in [-0.1, -0.05) is 55.5 Å². The zero-order chi connectivity index (χ0) is 28.9. The van der Waals surface area contributed by atoms with Gasteiger partial charge in [-0.2, -0.15) is 4.39 Å². The maximum atomic E-state index is 15.4. The molecule has 3 aromatic carbocycles. The number of hydrogen-bond acceptors (Lipinski definition) is 1. The summed E-state index contributed by atoms with van der Waals surface area (Å²) in [6.07, 6.45) is 14.2. The summed E-state index contributed by atoms with van der Waals surface area (Å²) in [5, 5.41) is 0. The van der Waals surface area contributed by atoms with Crippen molar-refractivity contribution in [1.82, 2.24) is 0 Å². The lowest BCUT2D eigenvalue weighted by molar-refractivity contribution is 0.170. The molecule has 41 heavy (non-hydrogen) atoms. The molecule has 218 valence electrons. The Morgan fingerprint density at radius 1 is 0.659 bits per heavy atom. The highest BCUT2D eigenvalue weighted by Crippen LogP contribution is 2.45. The third-order valence-electron chi connectivity index (χ3n) is 9.29. The first-order valence-electron chi connectivity index (χ1n) is 15.2. The molecule has 5 rings (SSSR count). The summed E-state index contributed by atoms with van der Waals surface area (Å²) in [6.45, 7) is 4.27. The summed E-state index contributed by atoms with van der Waals surface area (Å²) < 4.78 is 65.2. The Morgan fingerprint density at radius 3 is 1.76 bits per heavy atom. The smallest absolute Gasteiger partial charge is 0.201 e. The van der Waals surface area contributed by atoms with E-state index in [4.69, 9.17) is 4.74 Å². The van der Waals surface area contributed by atoms with Gasteiger partial charge in [0.25, 0.3) is 0 Å². The van der Waals surface area contributed by atoms with Gasteiger partial charge in [-0.05, 0) is 117 Å². The van der Waals surface area contributed by atoms with Crippen LogP contribution in [0.1, 0.15) is 83.1 Å². The Hall–Kier alpha value is -3.08. The van der Waals surface area contributed by atoms with E-state index in [9.17, 15) is 8.78 Å². The highest BCUT2D eigenvalue weighted by atomic mass is 19.2. The van der Waals surface area contributed by atoms with Crippen LogP contribution in [0, 0.1) is 41.0 Å². The monoisotopic (exact) mass is 564 g/mol. The minimum atomic E-state index is -1.03. The summed E-state index contributed by atoms with van der Waals surface area (Å²) in [6, 6.07) is 12.7. The Labute approximate surface area is 241 Å². The van der Waals surface area contributed by atoms with Crippen molar-refractivity contribution >= 4 is 0 Å². The quantitative estimate of drug-likeness (QED) is 0.195. The van der Waals surface area contributed by atoms with Crippen molar-refractivity contribution in [3.63, 3.8) is 0 Å². The fourth-order valence-electron chi connectivity index (χ4n) is 6.99. The maximum Gasteiger partial charge on any atom is 0.201 e. The number of halogens is 4. The van der Waals surface area contributed by atoms with Gasteiger partial charge in [-0.25, -0.2) is 13.2 Å². The van der Waals surface area contributed by atoms with E-state index in [2.05, 4.69) is 19.1 Å². The summed E-state index contributed by atoms with van der Waals surface area (Å²) in [5.41, 5.74) is 1.65. The van der Waals surface area contributed by atoms with Crippen molar-refractivity contribution in [2.75, 3.05) is 6.61 Å². The van der Waals surface area contributed by atoms with Crippen molar-refractivity contribution in [2.45, 2.75) is 77.6 Å². The highest BCUT2D eigenvalue weighted by molar-refractivity contribution is 5.72. The lowest BCUT2D eigenvalue weighted by Crippen LogP contribution is -2.25. The van der Waals surface area contributed by atoms with Gasteiger partial charge in [0.2, 0.25) is 5.82 Å². The number of allylic oxidation sites excluding steroid dienone is 2. The summed E-state index contributed by atoms with van der Waals surface area (Å²) in [7, 11) is 0. The van der Waals surface area contributed by atoms with Crippen LogP contribution in [-0.4, -0.2) is 6.61 Å². The van der Waals surface area contributed by atoms with E-state index in [0.29, 0.717) is 35.6 Å². The SMILES string of the molecule is CC=CC1CCC(C2CCC(c3ccc(-c4ccc(-c5ccc(OCCC)c(F)c5F)cc4)c(F)c3F)CC2)CC1. The Morgan fingerprint density at radius 2 is 1.20 bits per heavy atom. The van der Waals surface area contributed by atoms with E-state index in [1.807, 2.05) is 6.92 Å². The molecule has 0 unspecified atom stereocenters. The van der Waals surface area contributed by atoms with E-state index in [0.717, 1.165) is 37.5 Å². The van der Waals surface area contributed by atoms with E-state index < -0.39 is 23.3 Å². The Balaban J connectivity index is 1.25. The summed E-state index contributed by atoms with van der Waals surface area (Å²) >= 11 is 0. The van der Waals surface area contributed by atoms with E-state index in [1.54, 1.807) is 36.4 Å². The molecule has 2 saturated carbocycles. The van der Waals surface area contributed by atoms with Gasteiger partial charge in [0.15, 0.2) is 23.2 Å². The molecule has 0 N–H and O–H groups in total. The van der Waals surface area contributed by atoms with Crippen LogP contribution in [0.25, 0.3) is 22.3 Å². The lowest BCUT2D eigenvalue weighted by Gasteiger charge is -2.37. The molecule has 0 aliphatic heterocycles. The first-order chi connectivity index (χ1) is 19.9. The van der Waals surface area contributed by atoms with Crippen LogP contribution in [-0.2, 0) is 0 Å². The molecule has 2 aliphatic rings.